The van der Waals surface area contributed by atoms with Gasteiger partial charge in [0, 0.05) is 23.8 Å². The summed E-state index contributed by atoms with van der Waals surface area (Å²) >= 11 is 5.99. The predicted octanol–water partition coefficient (Wildman–Crippen LogP) is 2.97. The summed E-state index contributed by atoms with van der Waals surface area (Å²) in [5.74, 6) is 0.304. The van der Waals surface area contributed by atoms with Gasteiger partial charge in [-0.3, -0.25) is 9.40 Å². The molecule has 0 amide bonds. The highest BCUT2D eigenvalue weighted by Crippen LogP contribution is 2.25. The van der Waals surface area contributed by atoms with Crippen LogP contribution in [-0.2, 0) is 16.6 Å². The number of nitrogens with zero attached hydrogens (tertiary/aromatic N) is 2. The van der Waals surface area contributed by atoms with Crippen molar-refractivity contribution in [3.8, 4) is 0 Å². The first-order valence-corrected chi connectivity index (χ1v) is 8.02. The molecule has 1 N–H and O–H groups in total. The second kappa shape index (κ2) is 5.46. The van der Waals surface area contributed by atoms with Gasteiger partial charge in [-0.15, -0.1) is 0 Å². The van der Waals surface area contributed by atoms with Crippen LogP contribution in [0, 0.1) is 13.8 Å². The fourth-order valence-electron chi connectivity index (χ4n) is 1.83. The van der Waals surface area contributed by atoms with E-state index in [9.17, 15) is 8.42 Å². The molecule has 20 heavy (non-hydrogen) atoms. The third kappa shape index (κ3) is 2.96. The van der Waals surface area contributed by atoms with E-state index in [1.165, 1.54) is 0 Å². The highest BCUT2D eigenvalue weighted by molar-refractivity contribution is 7.92. The summed E-state index contributed by atoms with van der Waals surface area (Å²) in [6.45, 7) is 6.09. The summed E-state index contributed by atoms with van der Waals surface area (Å²) in [7, 11) is -3.66. The molecule has 1 heterocycles. The Balaban J connectivity index is 2.37. The lowest BCUT2D eigenvalue weighted by atomic mass is 10.2. The molecule has 108 valence electrons. The van der Waals surface area contributed by atoms with Gasteiger partial charge in [0.25, 0.3) is 10.0 Å². The molecule has 0 aliphatic rings. The summed E-state index contributed by atoms with van der Waals surface area (Å²) in [5, 5.41) is 4.66. The fraction of sp³-hybridized carbons (Fsp3) is 0.308. The zero-order valence-corrected chi connectivity index (χ0v) is 13.1. The number of hydrogen-bond acceptors (Lipinski definition) is 3. The number of sulfonamides is 1. The van der Waals surface area contributed by atoms with Gasteiger partial charge in [0.15, 0.2) is 5.82 Å². The largest absolute Gasteiger partial charge is 0.271 e. The Morgan fingerprint density at radius 1 is 1.30 bits per heavy atom. The smallest absolute Gasteiger partial charge is 0.263 e. The van der Waals surface area contributed by atoms with E-state index in [0.29, 0.717) is 22.9 Å². The lowest BCUT2D eigenvalue weighted by molar-refractivity contribution is 0.599. The Hall–Kier alpha value is -1.53. The molecular weight excluding hydrogens is 298 g/mol. The number of aryl methyl sites for hydroxylation is 3. The molecule has 2 rings (SSSR count). The lowest BCUT2D eigenvalue weighted by Gasteiger charge is -2.10. The first-order valence-electron chi connectivity index (χ1n) is 6.16. The van der Waals surface area contributed by atoms with E-state index in [0.717, 1.165) is 5.56 Å². The van der Waals surface area contributed by atoms with Gasteiger partial charge in [0.1, 0.15) is 0 Å². The van der Waals surface area contributed by atoms with Gasteiger partial charge in [-0.05, 0) is 44.0 Å². The third-order valence-electron chi connectivity index (χ3n) is 2.95. The Morgan fingerprint density at radius 2 is 2.00 bits per heavy atom. The van der Waals surface area contributed by atoms with E-state index in [2.05, 4.69) is 9.82 Å². The number of aromatic nitrogens is 2. The second-order valence-electron chi connectivity index (χ2n) is 4.53. The van der Waals surface area contributed by atoms with Crippen LogP contribution in [0.4, 0.5) is 5.82 Å². The number of halogens is 1. The third-order valence-corrected chi connectivity index (χ3v) is 4.85. The fourth-order valence-corrected chi connectivity index (χ4v) is 3.36. The van der Waals surface area contributed by atoms with E-state index < -0.39 is 10.0 Å². The molecule has 0 aliphatic heterocycles. The molecule has 0 saturated heterocycles. The van der Waals surface area contributed by atoms with Crippen molar-refractivity contribution < 1.29 is 8.42 Å². The van der Waals surface area contributed by atoms with Gasteiger partial charge in [-0.25, -0.2) is 8.42 Å². The molecule has 2 aromatic rings. The molecule has 7 heteroatoms. The van der Waals surface area contributed by atoms with Crippen molar-refractivity contribution >= 4 is 27.4 Å². The number of rotatable bonds is 4. The standard InChI is InChI=1S/C13H16ClN3O2S/c1-4-17-6-5-13(15-17)16-20(18,19)12-8-9(2)11(14)7-10(12)3/h5-8H,4H2,1-3H3,(H,15,16). The van der Waals surface area contributed by atoms with Gasteiger partial charge in [0.2, 0.25) is 0 Å². The topological polar surface area (TPSA) is 64.0 Å². The van der Waals surface area contributed by atoms with Crippen LogP contribution in [0.2, 0.25) is 5.02 Å². The van der Waals surface area contributed by atoms with Crippen LogP contribution in [0.1, 0.15) is 18.1 Å². The normalized spacial score (nSPS) is 11.6. The van der Waals surface area contributed by atoms with Crippen LogP contribution in [-0.4, -0.2) is 18.2 Å². The van der Waals surface area contributed by atoms with Crippen molar-refractivity contribution in [1.29, 1.82) is 0 Å². The minimum absolute atomic E-state index is 0.213. The molecule has 1 aromatic carbocycles. The maximum atomic E-state index is 12.4. The SMILES string of the molecule is CCn1ccc(NS(=O)(=O)c2cc(C)c(Cl)cc2C)n1. The first-order chi connectivity index (χ1) is 9.33. The maximum absolute atomic E-state index is 12.4. The van der Waals surface area contributed by atoms with Crippen LogP contribution in [0.3, 0.4) is 0 Å². The Morgan fingerprint density at radius 3 is 2.60 bits per heavy atom. The van der Waals surface area contributed by atoms with Crippen molar-refractivity contribution in [3.05, 3.63) is 40.5 Å². The van der Waals surface area contributed by atoms with Crippen molar-refractivity contribution in [2.75, 3.05) is 4.72 Å². The zero-order chi connectivity index (χ0) is 14.9. The summed E-state index contributed by atoms with van der Waals surface area (Å²) in [5.41, 5.74) is 1.32. The number of nitrogens with one attached hydrogen (secondary N) is 1. The van der Waals surface area contributed by atoms with Gasteiger partial charge < -0.3 is 0 Å². The summed E-state index contributed by atoms with van der Waals surface area (Å²) in [6.07, 6.45) is 1.72. The van der Waals surface area contributed by atoms with Crippen molar-refractivity contribution in [3.63, 3.8) is 0 Å². The number of benzene rings is 1. The lowest BCUT2D eigenvalue weighted by Crippen LogP contribution is -2.15. The average Bonchev–Trinajstić information content (AvgIpc) is 2.80. The molecule has 0 spiro atoms. The quantitative estimate of drug-likeness (QED) is 0.943. The maximum Gasteiger partial charge on any atom is 0.263 e. The second-order valence-corrected chi connectivity index (χ2v) is 6.59. The molecule has 0 fully saturated rings. The molecular formula is C13H16ClN3O2S. The van der Waals surface area contributed by atoms with Gasteiger partial charge in [-0.2, -0.15) is 5.10 Å². The van der Waals surface area contributed by atoms with Gasteiger partial charge >= 0.3 is 0 Å². The van der Waals surface area contributed by atoms with Crippen molar-refractivity contribution in [2.45, 2.75) is 32.2 Å². The Bertz CT molecular complexity index is 738. The van der Waals surface area contributed by atoms with Crippen molar-refractivity contribution in [2.24, 2.45) is 0 Å². The van der Waals surface area contributed by atoms with E-state index in [-0.39, 0.29) is 4.90 Å². The average molecular weight is 314 g/mol. The molecule has 0 unspecified atom stereocenters. The molecule has 0 aliphatic carbocycles. The van der Waals surface area contributed by atoms with Gasteiger partial charge in [-0.1, -0.05) is 11.6 Å². The Labute approximate surface area is 123 Å². The van der Waals surface area contributed by atoms with Crippen molar-refractivity contribution in [1.82, 2.24) is 9.78 Å². The molecule has 5 nitrogen and oxygen atoms in total. The Kier molecular flexibility index (Phi) is 4.06. The minimum Gasteiger partial charge on any atom is -0.271 e. The first kappa shape index (κ1) is 14.9. The van der Waals surface area contributed by atoms with Crippen LogP contribution in [0.5, 0.6) is 0 Å². The predicted molar refractivity (Wildman–Crippen MR) is 79.6 cm³/mol. The zero-order valence-electron chi connectivity index (χ0n) is 11.5. The van der Waals surface area contributed by atoms with E-state index in [1.807, 2.05) is 6.92 Å². The highest BCUT2D eigenvalue weighted by Gasteiger charge is 2.19. The minimum atomic E-state index is -3.66. The van der Waals surface area contributed by atoms with Crippen LogP contribution < -0.4 is 4.72 Å². The van der Waals surface area contributed by atoms with Crippen LogP contribution in [0.25, 0.3) is 0 Å². The molecule has 0 saturated carbocycles. The van der Waals surface area contributed by atoms with Crippen LogP contribution in [0.15, 0.2) is 29.3 Å². The summed E-state index contributed by atoms with van der Waals surface area (Å²) in [6, 6.07) is 4.84. The summed E-state index contributed by atoms with van der Waals surface area (Å²) < 4.78 is 28.9. The molecule has 0 radical (unpaired) electrons. The summed E-state index contributed by atoms with van der Waals surface area (Å²) in [4.78, 5) is 0.213. The highest BCUT2D eigenvalue weighted by atomic mass is 35.5. The molecule has 0 atom stereocenters. The van der Waals surface area contributed by atoms with E-state index in [4.69, 9.17) is 11.6 Å². The van der Waals surface area contributed by atoms with E-state index >= 15 is 0 Å². The molecule has 0 bridgehead atoms. The molecule has 1 aromatic heterocycles. The van der Waals surface area contributed by atoms with E-state index in [1.54, 1.807) is 42.9 Å². The van der Waals surface area contributed by atoms with Crippen LogP contribution >= 0.6 is 11.6 Å². The van der Waals surface area contributed by atoms with Gasteiger partial charge in [0.05, 0.1) is 4.90 Å². The number of anilines is 1. The monoisotopic (exact) mass is 313 g/mol. The number of hydrogen-bond donors (Lipinski definition) is 1.